The summed E-state index contributed by atoms with van der Waals surface area (Å²) in [6, 6.07) is 27.4. The van der Waals surface area contributed by atoms with E-state index in [1.807, 2.05) is 48.5 Å². The molecule has 4 aromatic rings. The number of benzene rings is 4. The van der Waals surface area contributed by atoms with E-state index in [4.69, 9.17) is 9.47 Å². The maximum atomic E-state index is 14.2. The molecule has 232 valence electrons. The van der Waals surface area contributed by atoms with Gasteiger partial charge in [-0.3, -0.25) is 14.9 Å². The summed E-state index contributed by atoms with van der Waals surface area (Å²) in [5, 5.41) is 2.41. The van der Waals surface area contributed by atoms with Crippen molar-refractivity contribution in [3.05, 3.63) is 122 Å². The van der Waals surface area contributed by atoms with Crippen LogP contribution in [0.1, 0.15) is 52.5 Å². The number of barbiturate groups is 1. The molecule has 1 fully saturated rings. The topological polar surface area (TPSA) is 88.2 Å². The van der Waals surface area contributed by atoms with E-state index in [1.165, 1.54) is 30.0 Å². The second-order valence-corrected chi connectivity index (χ2v) is 12.8. The Morgan fingerprint density at radius 3 is 1.93 bits per heavy atom. The predicted octanol–water partition coefficient (Wildman–Crippen LogP) is 6.85. The van der Waals surface area contributed by atoms with Crippen molar-refractivity contribution in [3.63, 3.8) is 0 Å². The molecule has 0 bridgehead atoms. The number of hydrogen-bond donors (Lipinski definition) is 1. The summed E-state index contributed by atoms with van der Waals surface area (Å²) in [4.78, 5) is 44.3. The molecule has 0 saturated carbocycles. The number of anilines is 2. The summed E-state index contributed by atoms with van der Waals surface area (Å²) >= 11 is 2.12. The van der Waals surface area contributed by atoms with Crippen molar-refractivity contribution in [2.24, 2.45) is 0 Å². The number of hydrogen-bond acceptors (Lipinski definition) is 6. The molecular weight excluding hydrogens is 693 g/mol. The fraction of sp³-hybridized carbons (Fsp3) is 0.216. The van der Waals surface area contributed by atoms with Gasteiger partial charge in [0.2, 0.25) is 0 Å². The average molecular weight is 726 g/mol. The van der Waals surface area contributed by atoms with Gasteiger partial charge in [0.25, 0.3) is 11.8 Å². The lowest BCUT2D eigenvalue weighted by atomic mass is 9.76. The van der Waals surface area contributed by atoms with E-state index in [1.54, 1.807) is 19.2 Å². The molecule has 4 amide bonds. The van der Waals surface area contributed by atoms with Gasteiger partial charge in [0, 0.05) is 30.6 Å². The fourth-order valence-corrected chi connectivity index (χ4v) is 7.89. The molecule has 0 spiro atoms. The molecule has 1 saturated heterocycles. The summed E-state index contributed by atoms with van der Waals surface area (Å²) in [6.07, 6.45) is 3.32. The second kappa shape index (κ2) is 12.3. The third kappa shape index (κ3) is 5.22. The lowest BCUT2D eigenvalue weighted by Crippen LogP contribution is -2.54. The van der Waals surface area contributed by atoms with E-state index in [2.05, 4.69) is 57.1 Å². The number of urea groups is 1. The first-order valence-electron chi connectivity index (χ1n) is 15.2. The number of amides is 4. The Kier molecular flexibility index (Phi) is 8.02. The third-order valence-corrected chi connectivity index (χ3v) is 9.93. The Morgan fingerprint density at radius 1 is 0.804 bits per heavy atom. The molecule has 46 heavy (non-hydrogen) atoms. The molecule has 3 aliphatic heterocycles. The maximum absolute atomic E-state index is 14.2. The molecule has 9 heteroatoms. The minimum absolute atomic E-state index is 0.0918. The minimum atomic E-state index is -0.766. The quantitative estimate of drug-likeness (QED) is 0.133. The van der Waals surface area contributed by atoms with Crippen LogP contribution in [0.2, 0.25) is 0 Å². The van der Waals surface area contributed by atoms with Crippen LogP contribution >= 0.6 is 22.6 Å². The van der Waals surface area contributed by atoms with Gasteiger partial charge in [-0.05, 0) is 93.6 Å². The van der Waals surface area contributed by atoms with E-state index in [0.29, 0.717) is 22.7 Å². The normalized spacial score (nSPS) is 20.0. The van der Waals surface area contributed by atoms with Crippen LogP contribution < -0.4 is 24.6 Å². The van der Waals surface area contributed by atoms with Crippen LogP contribution in [0, 0.1) is 3.57 Å². The zero-order chi connectivity index (χ0) is 31.9. The van der Waals surface area contributed by atoms with Crippen molar-refractivity contribution >= 4 is 57.9 Å². The van der Waals surface area contributed by atoms with E-state index in [-0.39, 0.29) is 17.4 Å². The van der Waals surface area contributed by atoms with Gasteiger partial charge in [0.15, 0.2) is 11.5 Å². The summed E-state index contributed by atoms with van der Waals surface area (Å²) in [6.45, 7) is 1.85. The minimum Gasteiger partial charge on any atom is -0.493 e. The number of rotatable bonds is 6. The molecule has 2 atom stereocenters. The van der Waals surface area contributed by atoms with Crippen LogP contribution in [0.3, 0.4) is 0 Å². The second-order valence-electron chi connectivity index (χ2n) is 11.7. The number of nitrogens with zero attached hydrogens (tertiary/aromatic N) is 2. The number of methoxy groups -OCH3 is 2. The van der Waals surface area contributed by atoms with E-state index in [0.717, 1.165) is 45.5 Å². The average Bonchev–Trinajstić information content (AvgIpc) is 3.07. The van der Waals surface area contributed by atoms with Crippen molar-refractivity contribution in [2.45, 2.75) is 24.7 Å². The first-order chi connectivity index (χ1) is 22.4. The fourth-order valence-electron chi connectivity index (χ4n) is 7.05. The molecule has 1 N–H and O–H groups in total. The summed E-state index contributed by atoms with van der Waals surface area (Å²) in [7, 11) is 3.08. The largest absolute Gasteiger partial charge is 0.493 e. The van der Waals surface area contributed by atoms with E-state index < -0.39 is 17.8 Å². The summed E-state index contributed by atoms with van der Waals surface area (Å²) < 4.78 is 11.7. The first kappa shape index (κ1) is 30.0. The summed E-state index contributed by atoms with van der Waals surface area (Å²) in [5.74, 6) is -0.217. The highest BCUT2D eigenvalue weighted by molar-refractivity contribution is 14.1. The molecule has 0 radical (unpaired) electrons. The zero-order valence-corrected chi connectivity index (χ0v) is 27.6. The van der Waals surface area contributed by atoms with Crippen molar-refractivity contribution in [2.75, 3.05) is 37.1 Å². The zero-order valence-electron chi connectivity index (χ0n) is 25.5. The van der Waals surface area contributed by atoms with Gasteiger partial charge in [0.1, 0.15) is 5.57 Å². The van der Waals surface area contributed by atoms with Gasteiger partial charge in [0.05, 0.1) is 23.5 Å². The number of nitrogens with one attached hydrogen (secondary N) is 1. The van der Waals surface area contributed by atoms with Gasteiger partial charge in [-0.2, -0.15) is 0 Å². The number of imide groups is 2. The van der Waals surface area contributed by atoms with Crippen LogP contribution in [0.5, 0.6) is 11.5 Å². The lowest BCUT2D eigenvalue weighted by Gasteiger charge is -2.44. The Bertz CT molecular complexity index is 1820. The molecule has 3 aliphatic rings. The van der Waals surface area contributed by atoms with Gasteiger partial charge in [-0.15, -0.1) is 0 Å². The highest BCUT2D eigenvalue weighted by atomic mass is 127. The van der Waals surface area contributed by atoms with Crippen LogP contribution in [0.15, 0.2) is 90.5 Å². The Labute approximate surface area is 281 Å². The van der Waals surface area contributed by atoms with Crippen LogP contribution in [-0.4, -0.2) is 45.2 Å². The molecule has 0 unspecified atom stereocenters. The molecule has 8 nitrogen and oxygen atoms in total. The predicted molar refractivity (Wildman–Crippen MR) is 186 cm³/mol. The van der Waals surface area contributed by atoms with Crippen LogP contribution in [-0.2, 0) is 9.59 Å². The van der Waals surface area contributed by atoms with Gasteiger partial charge < -0.3 is 14.4 Å². The van der Waals surface area contributed by atoms with Gasteiger partial charge in [-0.1, -0.05) is 60.7 Å². The number of carbonyl (C=O) groups excluding carboxylic acids is 3. The molecule has 3 heterocycles. The number of ether oxygens (including phenoxy) is 2. The van der Waals surface area contributed by atoms with E-state index >= 15 is 0 Å². The standard InChI is InChI=1S/C37H32IN3O5/c1-45-32-19-22(18-31(38)34(32)46-2)17-30-35(42)39-37(44)41(36(30)43)25-20-28-26(23-9-5-3-6-10-23)13-15-40-16-14-27(29(21-25)33(28)40)24-11-7-4-8-12-24/h3-12,17-21,26-27H,13-16H2,1-2H3,(H,39,42,44)/b30-17+/t26-,27-/m0/s1. The molecule has 4 aromatic carbocycles. The Balaban J connectivity index is 1.38. The Hall–Kier alpha value is -4.64. The molecule has 7 rings (SSSR count). The SMILES string of the molecule is COc1cc(/C=C2\C(=O)NC(=O)N(c3cc4c5c(c3)[C@H](c3ccccc3)CCN5CC[C@H]4c3ccccc3)C2=O)cc(I)c1OC. The van der Waals surface area contributed by atoms with Crippen molar-refractivity contribution in [1.29, 1.82) is 0 Å². The van der Waals surface area contributed by atoms with Gasteiger partial charge >= 0.3 is 6.03 Å². The number of halogens is 1. The highest BCUT2D eigenvalue weighted by Gasteiger charge is 2.40. The third-order valence-electron chi connectivity index (χ3n) is 9.13. The van der Waals surface area contributed by atoms with Crippen LogP contribution in [0.25, 0.3) is 6.08 Å². The smallest absolute Gasteiger partial charge is 0.335 e. The first-order valence-corrected chi connectivity index (χ1v) is 16.3. The maximum Gasteiger partial charge on any atom is 0.335 e. The van der Waals surface area contributed by atoms with E-state index in [9.17, 15) is 14.4 Å². The molecular formula is C37H32IN3O5. The van der Waals surface area contributed by atoms with Gasteiger partial charge in [-0.25, -0.2) is 9.69 Å². The van der Waals surface area contributed by atoms with Crippen molar-refractivity contribution < 1.29 is 23.9 Å². The Morgan fingerprint density at radius 2 is 1.39 bits per heavy atom. The van der Waals surface area contributed by atoms with Crippen molar-refractivity contribution in [1.82, 2.24) is 5.32 Å². The lowest BCUT2D eigenvalue weighted by molar-refractivity contribution is -0.122. The van der Waals surface area contributed by atoms with Crippen molar-refractivity contribution in [3.8, 4) is 11.5 Å². The highest BCUT2D eigenvalue weighted by Crippen LogP contribution is 2.50. The summed E-state index contributed by atoms with van der Waals surface area (Å²) in [5.41, 5.74) is 6.61. The molecule has 0 aliphatic carbocycles. The molecule has 0 aromatic heterocycles. The monoisotopic (exact) mass is 725 g/mol. The number of carbonyl (C=O) groups is 3. The van der Waals surface area contributed by atoms with Crippen LogP contribution in [0.4, 0.5) is 16.2 Å².